The van der Waals surface area contributed by atoms with E-state index >= 15 is 0 Å². The highest BCUT2D eigenvalue weighted by Gasteiger charge is 2.18. The zero-order chi connectivity index (χ0) is 11.9. The van der Waals surface area contributed by atoms with E-state index in [1.807, 2.05) is 4.68 Å². The maximum atomic E-state index is 4.08. The Kier molecular flexibility index (Phi) is 5.25. The lowest BCUT2D eigenvalue weighted by Crippen LogP contribution is -2.21. The molecule has 0 spiro atoms. The number of hydrogen-bond acceptors (Lipinski definition) is 5. The molecule has 1 fully saturated rings. The molecule has 1 aromatic heterocycles. The molecule has 1 saturated carbocycles. The van der Waals surface area contributed by atoms with Crippen LogP contribution in [0.2, 0.25) is 0 Å². The van der Waals surface area contributed by atoms with Gasteiger partial charge in [0.15, 0.2) is 0 Å². The summed E-state index contributed by atoms with van der Waals surface area (Å²) in [6.45, 7) is 5.03. The van der Waals surface area contributed by atoms with Gasteiger partial charge in [-0.25, -0.2) is 4.68 Å². The zero-order valence-corrected chi connectivity index (χ0v) is 11.2. The van der Waals surface area contributed by atoms with Crippen molar-refractivity contribution in [3.8, 4) is 0 Å². The van der Waals surface area contributed by atoms with E-state index < -0.39 is 0 Å². The largest absolute Gasteiger partial charge is 0.315 e. The number of tetrazole rings is 1. The number of aromatic nitrogens is 4. The van der Waals surface area contributed by atoms with Crippen LogP contribution < -0.4 is 5.32 Å². The SMILES string of the molecule is CCCNCCn1nnnc1SCC1CCC1. The fourth-order valence-corrected chi connectivity index (χ4v) is 2.87. The van der Waals surface area contributed by atoms with E-state index in [4.69, 9.17) is 0 Å². The maximum absolute atomic E-state index is 4.08. The van der Waals surface area contributed by atoms with Crippen LogP contribution in [0.4, 0.5) is 0 Å². The number of nitrogens with one attached hydrogen (secondary N) is 1. The van der Waals surface area contributed by atoms with Crippen LogP contribution in [0.5, 0.6) is 0 Å². The average molecular weight is 255 g/mol. The molecule has 2 rings (SSSR count). The van der Waals surface area contributed by atoms with Gasteiger partial charge in [-0.3, -0.25) is 0 Å². The first kappa shape index (κ1) is 12.8. The molecule has 0 radical (unpaired) electrons. The van der Waals surface area contributed by atoms with Crippen LogP contribution in [0.3, 0.4) is 0 Å². The van der Waals surface area contributed by atoms with Crippen molar-refractivity contribution in [1.29, 1.82) is 0 Å². The highest BCUT2D eigenvalue weighted by Crippen LogP contribution is 2.31. The zero-order valence-electron chi connectivity index (χ0n) is 10.4. The van der Waals surface area contributed by atoms with Crippen molar-refractivity contribution in [2.75, 3.05) is 18.8 Å². The Morgan fingerprint density at radius 3 is 3.00 bits per heavy atom. The van der Waals surface area contributed by atoms with Gasteiger partial charge in [0.25, 0.3) is 0 Å². The smallest absolute Gasteiger partial charge is 0.209 e. The van der Waals surface area contributed by atoms with Crippen molar-refractivity contribution in [2.45, 2.75) is 44.3 Å². The van der Waals surface area contributed by atoms with Gasteiger partial charge in [-0.1, -0.05) is 25.1 Å². The van der Waals surface area contributed by atoms with Crippen molar-refractivity contribution in [1.82, 2.24) is 25.5 Å². The maximum Gasteiger partial charge on any atom is 0.209 e. The average Bonchev–Trinajstić information content (AvgIpc) is 2.70. The summed E-state index contributed by atoms with van der Waals surface area (Å²) < 4.78 is 1.91. The van der Waals surface area contributed by atoms with Gasteiger partial charge in [0.2, 0.25) is 5.16 Å². The van der Waals surface area contributed by atoms with Crippen LogP contribution >= 0.6 is 11.8 Å². The van der Waals surface area contributed by atoms with E-state index in [9.17, 15) is 0 Å². The highest BCUT2D eigenvalue weighted by atomic mass is 32.2. The minimum atomic E-state index is 0.861. The van der Waals surface area contributed by atoms with Crippen LogP contribution in [-0.2, 0) is 6.54 Å². The molecule has 0 aromatic carbocycles. The summed E-state index contributed by atoms with van der Waals surface area (Å²) in [7, 11) is 0. The molecule has 0 aliphatic heterocycles. The fourth-order valence-electron chi connectivity index (χ4n) is 1.78. The van der Waals surface area contributed by atoms with Gasteiger partial charge in [0.1, 0.15) is 0 Å². The van der Waals surface area contributed by atoms with Crippen LogP contribution in [0.15, 0.2) is 5.16 Å². The second-order valence-corrected chi connectivity index (χ2v) is 5.53. The lowest BCUT2D eigenvalue weighted by Gasteiger charge is -2.24. The topological polar surface area (TPSA) is 55.6 Å². The summed E-state index contributed by atoms with van der Waals surface area (Å²) in [5, 5.41) is 16.2. The Morgan fingerprint density at radius 1 is 1.41 bits per heavy atom. The van der Waals surface area contributed by atoms with Gasteiger partial charge in [-0.2, -0.15) is 0 Å². The lowest BCUT2D eigenvalue weighted by molar-refractivity contribution is 0.352. The van der Waals surface area contributed by atoms with Crippen molar-refractivity contribution >= 4 is 11.8 Å². The molecule has 1 N–H and O–H groups in total. The van der Waals surface area contributed by atoms with Gasteiger partial charge in [0, 0.05) is 12.3 Å². The Morgan fingerprint density at radius 2 is 2.29 bits per heavy atom. The number of hydrogen-bond donors (Lipinski definition) is 1. The highest BCUT2D eigenvalue weighted by molar-refractivity contribution is 7.99. The van der Waals surface area contributed by atoms with E-state index in [1.165, 1.54) is 31.4 Å². The minimum Gasteiger partial charge on any atom is -0.315 e. The van der Waals surface area contributed by atoms with Gasteiger partial charge in [-0.15, -0.1) is 5.10 Å². The molecule has 17 heavy (non-hydrogen) atoms. The summed E-state index contributed by atoms with van der Waals surface area (Å²) >= 11 is 1.80. The van der Waals surface area contributed by atoms with Crippen LogP contribution in [0, 0.1) is 5.92 Å². The predicted octanol–water partition coefficient (Wildman–Crippen LogP) is 1.56. The molecule has 0 amide bonds. The first-order valence-electron chi connectivity index (χ1n) is 6.50. The van der Waals surface area contributed by atoms with E-state index in [0.29, 0.717) is 0 Å². The summed E-state index contributed by atoms with van der Waals surface area (Å²) in [5.74, 6) is 2.06. The molecule has 5 nitrogen and oxygen atoms in total. The first-order chi connectivity index (χ1) is 8.40. The Hall–Kier alpha value is -0.620. The lowest BCUT2D eigenvalue weighted by atomic mass is 9.87. The van der Waals surface area contributed by atoms with E-state index in [1.54, 1.807) is 11.8 Å². The second-order valence-electron chi connectivity index (χ2n) is 4.54. The van der Waals surface area contributed by atoms with Crippen LogP contribution in [0.25, 0.3) is 0 Å². The van der Waals surface area contributed by atoms with Gasteiger partial charge < -0.3 is 5.32 Å². The third kappa shape index (κ3) is 3.96. The van der Waals surface area contributed by atoms with Crippen molar-refractivity contribution in [2.24, 2.45) is 5.92 Å². The molecule has 0 bridgehead atoms. The van der Waals surface area contributed by atoms with Crippen molar-refractivity contribution < 1.29 is 0 Å². The fraction of sp³-hybridized carbons (Fsp3) is 0.909. The van der Waals surface area contributed by atoms with E-state index in [0.717, 1.165) is 30.7 Å². The van der Waals surface area contributed by atoms with Crippen molar-refractivity contribution in [3.05, 3.63) is 0 Å². The number of nitrogens with zero attached hydrogens (tertiary/aromatic N) is 4. The molecular formula is C11H21N5S. The number of thioether (sulfide) groups is 1. The third-order valence-corrected chi connectivity index (χ3v) is 4.29. The number of rotatable bonds is 8. The Bertz CT molecular complexity index is 323. The molecule has 1 heterocycles. The van der Waals surface area contributed by atoms with E-state index in [2.05, 4.69) is 27.8 Å². The summed E-state index contributed by atoms with van der Waals surface area (Å²) in [6.07, 6.45) is 5.33. The molecule has 1 aliphatic carbocycles. The van der Waals surface area contributed by atoms with Crippen LogP contribution in [0.1, 0.15) is 32.6 Å². The summed E-state index contributed by atoms with van der Waals surface area (Å²) in [4.78, 5) is 0. The normalized spacial score (nSPS) is 16.1. The molecule has 1 aliphatic rings. The monoisotopic (exact) mass is 255 g/mol. The molecule has 0 saturated heterocycles. The van der Waals surface area contributed by atoms with Gasteiger partial charge in [0.05, 0.1) is 6.54 Å². The van der Waals surface area contributed by atoms with E-state index in [-0.39, 0.29) is 0 Å². The molecule has 0 atom stereocenters. The standard InChI is InChI=1S/C11H21N5S/c1-2-6-12-7-8-16-11(13-14-15-16)17-9-10-4-3-5-10/h10,12H,2-9H2,1H3. The predicted molar refractivity (Wildman–Crippen MR) is 69.0 cm³/mol. The molecule has 96 valence electrons. The van der Waals surface area contributed by atoms with Gasteiger partial charge in [-0.05, 0) is 42.2 Å². The van der Waals surface area contributed by atoms with Crippen LogP contribution in [-0.4, -0.2) is 39.0 Å². The Labute approximate surface area is 107 Å². The summed E-state index contributed by atoms with van der Waals surface area (Å²) in [5.41, 5.74) is 0. The molecule has 0 unspecified atom stereocenters. The first-order valence-corrected chi connectivity index (χ1v) is 7.48. The van der Waals surface area contributed by atoms with Gasteiger partial charge >= 0.3 is 0 Å². The third-order valence-electron chi connectivity index (χ3n) is 3.10. The minimum absolute atomic E-state index is 0.861. The quantitative estimate of drug-likeness (QED) is 0.564. The van der Waals surface area contributed by atoms with Crippen molar-refractivity contribution in [3.63, 3.8) is 0 Å². The second kappa shape index (κ2) is 6.96. The molecule has 1 aromatic rings. The molecule has 6 heteroatoms. The molecular weight excluding hydrogens is 234 g/mol. The summed E-state index contributed by atoms with van der Waals surface area (Å²) in [6, 6.07) is 0. The Balaban J connectivity index is 1.71.